The van der Waals surface area contributed by atoms with Crippen molar-refractivity contribution in [2.24, 2.45) is 12.0 Å². The maximum absolute atomic E-state index is 4.51. The van der Waals surface area contributed by atoms with Crippen LogP contribution in [0.2, 0.25) is 0 Å². The topological polar surface area (TPSA) is 60.7 Å². The molecule has 2 aliphatic heterocycles. The zero-order chi connectivity index (χ0) is 22.2. The summed E-state index contributed by atoms with van der Waals surface area (Å²) < 4.78 is 1.87. The summed E-state index contributed by atoms with van der Waals surface area (Å²) in [6.45, 7) is 6.34. The van der Waals surface area contributed by atoms with Crippen LogP contribution in [-0.2, 0) is 20.1 Å². The van der Waals surface area contributed by atoms with Crippen LogP contribution in [0, 0.1) is 0 Å². The largest absolute Gasteiger partial charge is 0.367 e. The molecule has 0 saturated carbocycles. The Morgan fingerprint density at radius 1 is 1.06 bits per heavy atom. The number of rotatable bonds is 6. The van der Waals surface area contributed by atoms with Crippen molar-refractivity contribution in [3.05, 3.63) is 47.8 Å². The molecule has 0 spiro atoms. The Bertz CT molecular complexity index is 873. The van der Waals surface area contributed by atoms with E-state index in [1.807, 2.05) is 25.0 Å². The molecule has 0 radical (unpaired) electrons. The van der Waals surface area contributed by atoms with E-state index in [9.17, 15) is 0 Å². The van der Waals surface area contributed by atoms with Crippen LogP contribution >= 0.6 is 24.0 Å². The molecule has 2 aromatic rings. The lowest BCUT2D eigenvalue weighted by Gasteiger charge is -2.34. The van der Waals surface area contributed by atoms with Crippen LogP contribution in [0.25, 0.3) is 0 Å². The highest BCUT2D eigenvalue weighted by Crippen LogP contribution is 2.19. The summed E-state index contributed by atoms with van der Waals surface area (Å²) in [4.78, 5) is 9.54. The van der Waals surface area contributed by atoms with Gasteiger partial charge in [-0.15, -0.1) is 24.0 Å². The molecule has 33 heavy (non-hydrogen) atoms. The zero-order valence-corrected chi connectivity index (χ0v) is 22.5. The van der Waals surface area contributed by atoms with Gasteiger partial charge >= 0.3 is 0 Å². The maximum atomic E-state index is 4.51. The van der Waals surface area contributed by atoms with Crippen molar-refractivity contribution in [3.8, 4) is 0 Å². The Balaban J connectivity index is 0.00000306. The molecule has 0 aliphatic carbocycles. The minimum absolute atomic E-state index is 0. The number of benzene rings is 1. The van der Waals surface area contributed by atoms with Crippen molar-refractivity contribution in [2.75, 3.05) is 38.1 Å². The summed E-state index contributed by atoms with van der Waals surface area (Å²) in [5.74, 6) is 0.882. The Hall–Kier alpha value is -1.81. The fourth-order valence-electron chi connectivity index (χ4n) is 4.89. The number of likely N-dealkylation sites (tertiary alicyclic amines) is 1. The van der Waals surface area contributed by atoms with E-state index in [1.54, 1.807) is 0 Å². The van der Waals surface area contributed by atoms with Crippen molar-refractivity contribution in [1.82, 2.24) is 25.3 Å². The van der Waals surface area contributed by atoms with Crippen LogP contribution in [0.15, 0.2) is 41.7 Å². The monoisotopic (exact) mass is 565 g/mol. The highest BCUT2D eigenvalue weighted by atomic mass is 127. The molecule has 182 valence electrons. The fraction of sp³-hybridized carbons (Fsp3) is 0.600. The average molecular weight is 566 g/mol. The van der Waals surface area contributed by atoms with Gasteiger partial charge in [0.15, 0.2) is 5.96 Å². The van der Waals surface area contributed by atoms with Crippen LogP contribution in [0.1, 0.15) is 49.7 Å². The van der Waals surface area contributed by atoms with Crippen LogP contribution in [0.5, 0.6) is 0 Å². The average Bonchev–Trinajstić information content (AvgIpc) is 3.09. The molecule has 0 bridgehead atoms. The van der Waals surface area contributed by atoms with Gasteiger partial charge in [0, 0.05) is 52.5 Å². The molecule has 7 nitrogen and oxygen atoms in total. The van der Waals surface area contributed by atoms with Gasteiger partial charge in [-0.3, -0.25) is 14.6 Å². The Labute approximate surface area is 216 Å². The zero-order valence-electron chi connectivity index (χ0n) is 20.2. The third-order valence-electron chi connectivity index (χ3n) is 6.70. The molecule has 0 amide bonds. The van der Waals surface area contributed by atoms with E-state index in [0.29, 0.717) is 6.04 Å². The molecule has 2 saturated heterocycles. The van der Waals surface area contributed by atoms with Crippen LogP contribution in [-0.4, -0.2) is 59.9 Å². The molecule has 1 unspecified atom stereocenters. The van der Waals surface area contributed by atoms with E-state index >= 15 is 0 Å². The summed E-state index contributed by atoms with van der Waals surface area (Å²) in [6, 6.07) is 9.22. The van der Waals surface area contributed by atoms with Gasteiger partial charge < -0.3 is 15.5 Å². The molecule has 3 heterocycles. The molecule has 2 fully saturated rings. The second-order valence-electron chi connectivity index (χ2n) is 9.19. The number of nitrogens with zero attached hydrogens (tertiary/aromatic N) is 5. The minimum atomic E-state index is 0. The summed E-state index contributed by atoms with van der Waals surface area (Å²) in [5, 5.41) is 11.5. The molecule has 1 aromatic heterocycles. The smallest absolute Gasteiger partial charge is 0.191 e. The molecule has 2 N–H and O–H groups in total. The van der Waals surface area contributed by atoms with E-state index in [0.717, 1.165) is 38.6 Å². The minimum Gasteiger partial charge on any atom is -0.367 e. The predicted molar refractivity (Wildman–Crippen MR) is 147 cm³/mol. The normalized spacial score (nSPS) is 20.1. The summed E-state index contributed by atoms with van der Waals surface area (Å²) >= 11 is 0. The lowest BCUT2D eigenvalue weighted by Crippen LogP contribution is -2.51. The number of hydrogen-bond acceptors (Lipinski definition) is 4. The first-order valence-electron chi connectivity index (χ1n) is 12.2. The number of anilines is 1. The Morgan fingerprint density at radius 2 is 1.82 bits per heavy atom. The predicted octanol–water partition coefficient (Wildman–Crippen LogP) is 3.75. The van der Waals surface area contributed by atoms with Gasteiger partial charge in [0.2, 0.25) is 0 Å². The number of aliphatic imine (C=N–C) groups is 1. The molecular formula is C25H40IN7. The SMILES string of the molecule is CN=C(NCc1ccccc1CN1CCCCCC1)NC1CCCN(c2cnn(C)c2)C1.I. The molecule has 2 aliphatic rings. The summed E-state index contributed by atoms with van der Waals surface area (Å²) in [6.07, 6.45) is 11.8. The quantitative estimate of drug-likeness (QED) is 0.318. The summed E-state index contributed by atoms with van der Waals surface area (Å²) in [7, 11) is 3.83. The van der Waals surface area contributed by atoms with E-state index in [4.69, 9.17) is 0 Å². The van der Waals surface area contributed by atoms with Gasteiger partial charge in [0.1, 0.15) is 0 Å². The molecule has 1 aromatic carbocycles. The fourth-order valence-corrected chi connectivity index (χ4v) is 4.89. The third-order valence-corrected chi connectivity index (χ3v) is 6.70. The van der Waals surface area contributed by atoms with Crippen LogP contribution in [0.3, 0.4) is 0 Å². The molecule has 1 atom stereocenters. The molecular weight excluding hydrogens is 525 g/mol. The number of aryl methyl sites for hydroxylation is 1. The van der Waals surface area contributed by atoms with E-state index in [2.05, 4.69) is 61.0 Å². The first-order valence-corrected chi connectivity index (χ1v) is 12.2. The summed E-state index contributed by atoms with van der Waals surface area (Å²) in [5.41, 5.74) is 3.99. The highest BCUT2D eigenvalue weighted by molar-refractivity contribution is 14.0. The van der Waals surface area contributed by atoms with Gasteiger partial charge in [0.25, 0.3) is 0 Å². The third kappa shape index (κ3) is 7.60. The molecule has 8 heteroatoms. The number of aromatic nitrogens is 2. The van der Waals surface area contributed by atoms with E-state index < -0.39 is 0 Å². The number of halogens is 1. The van der Waals surface area contributed by atoms with Crippen molar-refractivity contribution in [1.29, 1.82) is 0 Å². The van der Waals surface area contributed by atoms with Gasteiger partial charge in [-0.2, -0.15) is 5.10 Å². The second-order valence-corrected chi connectivity index (χ2v) is 9.19. The number of hydrogen-bond donors (Lipinski definition) is 2. The van der Waals surface area contributed by atoms with Crippen molar-refractivity contribution in [3.63, 3.8) is 0 Å². The highest BCUT2D eigenvalue weighted by Gasteiger charge is 2.22. The lowest BCUT2D eigenvalue weighted by molar-refractivity contribution is 0.276. The van der Waals surface area contributed by atoms with Crippen molar-refractivity contribution < 1.29 is 0 Å². The number of piperidine rings is 1. The number of nitrogens with one attached hydrogen (secondary N) is 2. The molecule has 4 rings (SSSR count). The van der Waals surface area contributed by atoms with Crippen LogP contribution in [0.4, 0.5) is 5.69 Å². The van der Waals surface area contributed by atoms with E-state index in [-0.39, 0.29) is 24.0 Å². The first-order chi connectivity index (χ1) is 15.7. The number of guanidine groups is 1. The van der Waals surface area contributed by atoms with Gasteiger partial charge in [-0.1, -0.05) is 37.1 Å². The Kier molecular flexibility index (Phi) is 10.3. The van der Waals surface area contributed by atoms with Crippen molar-refractivity contribution in [2.45, 2.75) is 57.7 Å². The van der Waals surface area contributed by atoms with Gasteiger partial charge in [-0.05, 0) is 49.9 Å². The maximum Gasteiger partial charge on any atom is 0.191 e. The second kappa shape index (κ2) is 13.2. The van der Waals surface area contributed by atoms with Gasteiger partial charge in [0.05, 0.1) is 11.9 Å². The van der Waals surface area contributed by atoms with Crippen LogP contribution < -0.4 is 15.5 Å². The van der Waals surface area contributed by atoms with Crippen molar-refractivity contribution >= 4 is 35.6 Å². The lowest BCUT2D eigenvalue weighted by atomic mass is 10.1. The van der Waals surface area contributed by atoms with E-state index in [1.165, 1.54) is 62.0 Å². The first kappa shape index (κ1) is 25.8. The Morgan fingerprint density at radius 3 is 2.52 bits per heavy atom. The standard InChI is InChI=1S/C25H39N7.HI/c1-26-25(29-23-12-9-15-32(19-23)24-17-28-30(2)20-24)27-16-21-10-5-6-11-22(21)18-31-13-7-3-4-8-14-31;/h5-6,10-11,17,20,23H,3-4,7-9,12-16,18-19H2,1-2H3,(H2,26,27,29);1H. The van der Waals surface area contributed by atoms with Gasteiger partial charge in [-0.25, -0.2) is 0 Å².